The monoisotopic (exact) mass is 872 g/mol. The largest absolute Gasteiger partial charge is 0.456 e. The summed E-state index contributed by atoms with van der Waals surface area (Å²) in [5, 5.41) is 0. The number of ether oxygens (including phenoxy) is 2. The highest BCUT2D eigenvalue weighted by molar-refractivity contribution is 5.81. The molecule has 0 saturated carbocycles. The van der Waals surface area contributed by atoms with E-state index in [9.17, 15) is 133 Å². The third-order valence-corrected chi connectivity index (χ3v) is 5.79. The smallest absolute Gasteiger partial charge is 0.385 e. The van der Waals surface area contributed by atoms with Crippen molar-refractivity contribution in [2.24, 2.45) is 0 Å². The van der Waals surface area contributed by atoms with Gasteiger partial charge in [-0.25, -0.2) is 27.2 Å². The lowest BCUT2D eigenvalue weighted by molar-refractivity contribution is -0.465. The van der Waals surface area contributed by atoms with Gasteiger partial charge in [0.2, 0.25) is 0 Å². The zero-order chi connectivity index (χ0) is 44.6. The van der Waals surface area contributed by atoms with E-state index in [2.05, 4.69) is 22.6 Å². The molecule has 0 aliphatic rings. The SMILES string of the molecule is C=CC(=O)OCC(F)(F)C(F)(F)C(F)(F)C(F)(F)C(F)(F)C(F)(F)C(F)(F)C(F)(F)C(F)(F)C(F)F.C=CC(=O)OCC(F)(F)C(F)(F)C(F)(F)C(F)F. The molecule has 0 rings (SSSR count). The molecule has 0 fully saturated rings. The Morgan fingerprint density at radius 2 is 0.593 bits per heavy atom. The lowest BCUT2D eigenvalue weighted by atomic mass is 9.86. The second-order valence-corrected chi connectivity index (χ2v) is 9.48. The van der Waals surface area contributed by atoms with Gasteiger partial charge in [0.1, 0.15) is 0 Å². The molecule has 320 valence electrons. The molecular weight excluding hydrogens is 860 g/mol. The Bertz CT molecular complexity index is 1330. The van der Waals surface area contributed by atoms with Crippen molar-refractivity contribution in [2.45, 2.75) is 83.9 Å². The van der Waals surface area contributed by atoms with Gasteiger partial charge in [-0.3, -0.25) is 0 Å². The first-order valence-corrected chi connectivity index (χ1v) is 12.0. The molecule has 0 spiro atoms. The van der Waals surface area contributed by atoms with Crippen molar-refractivity contribution < 1.29 is 142 Å². The average molecular weight is 872 g/mol. The maximum absolute atomic E-state index is 13.5. The summed E-state index contributed by atoms with van der Waals surface area (Å²) in [6.45, 7) is -0.712. The topological polar surface area (TPSA) is 52.6 Å². The number of halogens is 28. The summed E-state index contributed by atoms with van der Waals surface area (Å²) in [5.74, 6) is -97.9. The minimum atomic E-state index is -9.08. The number of carbonyl (C=O) groups is 2. The lowest BCUT2D eigenvalue weighted by Crippen LogP contribution is -2.76. The van der Waals surface area contributed by atoms with E-state index >= 15 is 0 Å². The molecule has 0 heterocycles. The quantitative estimate of drug-likeness (QED) is 0.0783. The van der Waals surface area contributed by atoms with Crippen LogP contribution < -0.4 is 0 Å². The van der Waals surface area contributed by atoms with Crippen molar-refractivity contribution in [3.8, 4) is 0 Å². The van der Waals surface area contributed by atoms with Gasteiger partial charge in [-0.15, -0.1) is 0 Å². The van der Waals surface area contributed by atoms with Crippen LogP contribution in [0.1, 0.15) is 0 Å². The molecule has 0 unspecified atom stereocenters. The number of hydrogen-bond acceptors (Lipinski definition) is 4. The van der Waals surface area contributed by atoms with Crippen molar-refractivity contribution in [2.75, 3.05) is 13.2 Å². The van der Waals surface area contributed by atoms with Crippen molar-refractivity contribution in [3.05, 3.63) is 25.3 Å². The van der Waals surface area contributed by atoms with E-state index in [1.165, 1.54) is 0 Å². The van der Waals surface area contributed by atoms with Crippen LogP contribution in [0.15, 0.2) is 25.3 Å². The standard InChI is InChI=1S/C14H6F20O2.C8H6F8O2/c1-2-4(35)36-3-6(17,18)8(21,22)10(25,26)12(29,30)14(33,34)13(31,32)11(27,28)9(23,24)7(19,20)5(15)16;1-2-4(17)18-3-6(11,12)8(15,16)7(13,14)5(9)10/h2,5H,1,3H2;2,5H,1,3H2. The number of carbonyl (C=O) groups excluding carboxylic acids is 2. The molecule has 0 saturated heterocycles. The molecule has 54 heavy (non-hydrogen) atoms. The highest BCUT2D eigenvalue weighted by Crippen LogP contribution is 2.65. The summed E-state index contributed by atoms with van der Waals surface area (Å²) in [7, 11) is 0. The normalized spacial score (nSPS) is 15.1. The summed E-state index contributed by atoms with van der Waals surface area (Å²) in [4.78, 5) is 20.8. The number of alkyl halides is 28. The molecule has 0 aliphatic carbocycles. The van der Waals surface area contributed by atoms with Gasteiger partial charge in [-0.2, -0.15) is 105 Å². The van der Waals surface area contributed by atoms with Crippen LogP contribution in [-0.2, 0) is 19.1 Å². The zero-order valence-corrected chi connectivity index (χ0v) is 24.4. The Kier molecular flexibility index (Phi) is 15.1. The molecule has 0 N–H and O–H groups in total. The van der Waals surface area contributed by atoms with Crippen LogP contribution in [0.3, 0.4) is 0 Å². The van der Waals surface area contributed by atoms with Crippen LogP contribution in [0.25, 0.3) is 0 Å². The van der Waals surface area contributed by atoms with E-state index in [4.69, 9.17) is 0 Å². The maximum Gasteiger partial charge on any atom is 0.385 e. The minimum absolute atomic E-state index is 0.146. The van der Waals surface area contributed by atoms with Gasteiger partial charge in [-0.05, 0) is 0 Å². The Balaban J connectivity index is 0. The van der Waals surface area contributed by atoms with Gasteiger partial charge in [0.05, 0.1) is 0 Å². The number of hydrogen-bond donors (Lipinski definition) is 0. The van der Waals surface area contributed by atoms with E-state index < -0.39 is 109 Å². The molecular formula is C22H12F28O4. The van der Waals surface area contributed by atoms with Gasteiger partial charge in [-0.1, -0.05) is 13.2 Å². The first kappa shape index (κ1) is 52.6. The van der Waals surface area contributed by atoms with E-state index in [1.807, 2.05) is 0 Å². The molecule has 32 heteroatoms. The third-order valence-electron chi connectivity index (χ3n) is 5.79. The highest BCUT2D eigenvalue weighted by atomic mass is 19.4. The van der Waals surface area contributed by atoms with Gasteiger partial charge in [0.25, 0.3) is 0 Å². The van der Waals surface area contributed by atoms with Crippen molar-refractivity contribution >= 4 is 11.9 Å². The fourth-order valence-electron chi connectivity index (χ4n) is 2.57. The highest BCUT2D eigenvalue weighted by Gasteiger charge is 2.97. The predicted molar refractivity (Wildman–Crippen MR) is 114 cm³/mol. The molecule has 0 amide bonds. The van der Waals surface area contributed by atoms with Crippen molar-refractivity contribution in [1.29, 1.82) is 0 Å². The summed E-state index contributed by atoms with van der Waals surface area (Å²) < 4.78 is 368. The average Bonchev–Trinajstić information content (AvgIpc) is 3.01. The van der Waals surface area contributed by atoms with Crippen molar-refractivity contribution in [1.82, 2.24) is 0 Å². The summed E-state index contributed by atoms with van der Waals surface area (Å²) in [5.41, 5.74) is 0. The van der Waals surface area contributed by atoms with E-state index in [0.29, 0.717) is 6.08 Å². The molecule has 0 bridgehead atoms. The first-order valence-electron chi connectivity index (χ1n) is 12.0. The molecule has 0 radical (unpaired) electrons. The fourth-order valence-corrected chi connectivity index (χ4v) is 2.57. The molecule has 4 nitrogen and oxygen atoms in total. The molecule has 0 atom stereocenters. The Morgan fingerprint density at radius 3 is 0.833 bits per heavy atom. The fraction of sp³-hybridized carbons (Fsp3) is 0.727. The van der Waals surface area contributed by atoms with E-state index in [1.54, 1.807) is 0 Å². The second-order valence-electron chi connectivity index (χ2n) is 9.48. The Morgan fingerprint density at radius 1 is 0.389 bits per heavy atom. The van der Waals surface area contributed by atoms with Gasteiger partial charge >= 0.3 is 95.9 Å². The van der Waals surface area contributed by atoms with Crippen LogP contribution in [0.4, 0.5) is 123 Å². The van der Waals surface area contributed by atoms with E-state index in [-0.39, 0.29) is 6.08 Å². The minimum Gasteiger partial charge on any atom is -0.456 e. The van der Waals surface area contributed by atoms with Crippen LogP contribution in [0.2, 0.25) is 0 Å². The third kappa shape index (κ3) is 8.33. The zero-order valence-electron chi connectivity index (χ0n) is 24.4. The molecule has 0 aromatic carbocycles. The summed E-state index contributed by atoms with van der Waals surface area (Å²) >= 11 is 0. The maximum atomic E-state index is 13.5. The second kappa shape index (κ2) is 15.5. The lowest BCUT2D eigenvalue weighted by Gasteiger charge is -2.44. The molecule has 0 aliphatic heterocycles. The van der Waals surface area contributed by atoms with Crippen LogP contribution >= 0.6 is 0 Å². The molecule has 0 aromatic rings. The number of esters is 2. The summed E-state index contributed by atoms with van der Waals surface area (Å²) in [6.07, 6.45) is -11.0. The Labute approximate surface area is 277 Å². The molecule has 0 aromatic heterocycles. The van der Waals surface area contributed by atoms with Gasteiger partial charge < -0.3 is 9.47 Å². The van der Waals surface area contributed by atoms with Crippen molar-refractivity contribution in [3.63, 3.8) is 0 Å². The predicted octanol–water partition coefficient (Wildman–Crippen LogP) is 9.58. The summed E-state index contributed by atoms with van der Waals surface area (Å²) in [6, 6.07) is 0. The van der Waals surface area contributed by atoms with E-state index in [0.717, 1.165) is 0 Å². The number of rotatable bonds is 18. The van der Waals surface area contributed by atoms with Crippen LogP contribution in [0.5, 0.6) is 0 Å². The van der Waals surface area contributed by atoms with Crippen LogP contribution in [0, 0.1) is 0 Å². The Hall–Kier alpha value is -3.54. The van der Waals surface area contributed by atoms with Gasteiger partial charge in [0, 0.05) is 12.2 Å². The van der Waals surface area contributed by atoms with Gasteiger partial charge in [0.15, 0.2) is 13.2 Å². The first-order chi connectivity index (χ1) is 23.3. The van der Waals surface area contributed by atoms with Crippen LogP contribution in [-0.4, -0.2) is 109 Å².